The molecule has 0 radical (unpaired) electrons. The van der Waals surface area contributed by atoms with Crippen LogP contribution < -0.4 is 4.74 Å². The maximum Gasteiger partial charge on any atom is 0.209 e. The summed E-state index contributed by atoms with van der Waals surface area (Å²) in [6.45, 7) is 7.64. The first-order valence-electron chi connectivity index (χ1n) is 9.57. The van der Waals surface area contributed by atoms with Crippen molar-refractivity contribution in [3.8, 4) is 5.75 Å². The monoisotopic (exact) mass is 381 g/mol. The number of fused-ring (bicyclic) bond motifs is 6. The van der Waals surface area contributed by atoms with Crippen molar-refractivity contribution in [3.05, 3.63) is 40.7 Å². The molecule has 2 atom stereocenters. The minimum atomic E-state index is 0.0551. The summed E-state index contributed by atoms with van der Waals surface area (Å²) in [4.78, 5) is 17.4. The molecular weight excluding hydrogens is 358 g/mol. The molecule has 5 rings (SSSR count). The first kappa shape index (κ1) is 17.2. The Balaban J connectivity index is 1.34. The van der Waals surface area contributed by atoms with Crippen molar-refractivity contribution in [1.82, 2.24) is 15.2 Å². The van der Waals surface area contributed by atoms with Crippen molar-refractivity contribution in [2.45, 2.75) is 56.5 Å². The molecule has 1 fully saturated rings. The second kappa shape index (κ2) is 5.77. The van der Waals surface area contributed by atoms with Crippen molar-refractivity contribution in [1.29, 1.82) is 0 Å². The number of hydrogen-bond acceptors (Lipinski definition) is 6. The average molecular weight is 382 g/mol. The number of carbonyl (C=O) groups excluding carboxylic acids is 1. The highest BCUT2D eigenvalue weighted by Crippen LogP contribution is 2.66. The first-order chi connectivity index (χ1) is 12.9. The quantitative estimate of drug-likeness (QED) is 0.590. The molecule has 0 spiro atoms. The molecule has 140 valence electrons. The van der Waals surface area contributed by atoms with Gasteiger partial charge in [0, 0.05) is 23.3 Å². The summed E-state index contributed by atoms with van der Waals surface area (Å²) < 4.78 is 5.57. The molecule has 1 aromatic carbocycles. The number of Topliss-reactive ketones (excluding diaryl/α,β-unsaturated/α-hetero) is 1. The van der Waals surface area contributed by atoms with Gasteiger partial charge in [0.1, 0.15) is 5.75 Å². The van der Waals surface area contributed by atoms with Gasteiger partial charge in [0.2, 0.25) is 5.16 Å². The molecule has 0 unspecified atom stereocenters. The first-order valence-corrected chi connectivity index (χ1v) is 10.6. The average Bonchev–Trinajstić information content (AvgIpc) is 3.26. The zero-order chi connectivity index (χ0) is 18.8. The van der Waals surface area contributed by atoms with E-state index in [2.05, 4.69) is 31.0 Å². The molecule has 6 heteroatoms. The van der Waals surface area contributed by atoms with Crippen LogP contribution in [0.25, 0.3) is 0 Å². The van der Waals surface area contributed by atoms with Crippen LogP contribution in [0.4, 0.5) is 0 Å². The van der Waals surface area contributed by atoms with Crippen molar-refractivity contribution >= 4 is 17.5 Å². The molecule has 5 nitrogen and oxygen atoms in total. The van der Waals surface area contributed by atoms with Crippen molar-refractivity contribution in [2.75, 3.05) is 12.4 Å². The number of benzene rings is 1. The molecule has 0 N–H and O–H groups in total. The molecule has 2 aliphatic carbocycles. The summed E-state index contributed by atoms with van der Waals surface area (Å²) in [6, 6.07) is 5.74. The summed E-state index contributed by atoms with van der Waals surface area (Å²) in [5.74, 6) is 1.66. The maximum absolute atomic E-state index is 12.6. The van der Waals surface area contributed by atoms with Crippen LogP contribution >= 0.6 is 11.8 Å². The topological polar surface area (TPSA) is 65.0 Å². The van der Waals surface area contributed by atoms with Crippen molar-refractivity contribution < 1.29 is 9.53 Å². The van der Waals surface area contributed by atoms with Crippen molar-refractivity contribution in [3.63, 3.8) is 0 Å². The van der Waals surface area contributed by atoms with E-state index in [1.54, 1.807) is 0 Å². The molecule has 2 aromatic rings. The van der Waals surface area contributed by atoms with E-state index in [1.807, 2.05) is 18.2 Å². The Morgan fingerprint density at radius 3 is 3.00 bits per heavy atom. The zero-order valence-electron chi connectivity index (χ0n) is 15.9. The molecule has 0 amide bonds. The van der Waals surface area contributed by atoms with Crippen LogP contribution in [-0.4, -0.2) is 33.3 Å². The molecule has 27 heavy (non-hydrogen) atoms. The summed E-state index contributed by atoms with van der Waals surface area (Å²) in [5.41, 5.74) is 4.25. The van der Waals surface area contributed by atoms with Gasteiger partial charge in [-0.25, -0.2) is 4.98 Å². The standard InChI is InChI=1S/C21H23N3O2S/c1-20(2)14-6-8-21(20,3)18-17(14)23-24-19(22-18)27-11-15(25)13-5-4-12-7-9-26-16(12)10-13/h4-5,10,14H,6-9,11H2,1-3H3/t14-,21+/m0/s1. The fourth-order valence-corrected chi connectivity index (χ4v) is 5.66. The van der Waals surface area contributed by atoms with Gasteiger partial charge in [-0.3, -0.25) is 4.79 Å². The molecule has 1 aromatic heterocycles. The van der Waals surface area contributed by atoms with Gasteiger partial charge in [-0.1, -0.05) is 44.7 Å². The second-order valence-corrected chi connectivity index (χ2v) is 9.55. The minimum Gasteiger partial charge on any atom is -0.493 e. The van der Waals surface area contributed by atoms with E-state index in [4.69, 9.17) is 9.72 Å². The highest BCUT2D eigenvalue weighted by Gasteiger charge is 2.61. The lowest BCUT2D eigenvalue weighted by atomic mass is 9.70. The van der Waals surface area contributed by atoms with Crippen LogP contribution in [0.1, 0.15) is 66.8 Å². The van der Waals surface area contributed by atoms with E-state index in [-0.39, 0.29) is 16.6 Å². The predicted molar refractivity (Wildman–Crippen MR) is 104 cm³/mol. The number of hydrogen-bond donors (Lipinski definition) is 0. The van der Waals surface area contributed by atoms with Gasteiger partial charge < -0.3 is 4.74 Å². The molecule has 1 aliphatic heterocycles. The SMILES string of the molecule is CC1(C)[C@H]2CC[C@]1(C)c1nc(SCC(=O)c3ccc4c(c3)OCC4)nnc12. The van der Waals surface area contributed by atoms with E-state index in [0.29, 0.717) is 29.0 Å². The molecule has 2 bridgehead atoms. The van der Waals surface area contributed by atoms with Gasteiger partial charge >= 0.3 is 0 Å². The van der Waals surface area contributed by atoms with Gasteiger partial charge in [-0.2, -0.15) is 5.10 Å². The molecular formula is C21H23N3O2S. The third-order valence-electron chi connectivity index (χ3n) is 7.12. The lowest BCUT2D eigenvalue weighted by molar-refractivity contribution is 0.102. The number of carbonyl (C=O) groups is 1. The molecule has 2 heterocycles. The van der Waals surface area contributed by atoms with Gasteiger partial charge in [0.25, 0.3) is 0 Å². The molecule has 3 aliphatic rings. The summed E-state index contributed by atoms with van der Waals surface area (Å²) in [6.07, 6.45) is 3.23. The Labute approximate surface area is 163 Å². The maximum atomic E-state index is 12.6. The van der Waals surface area contributed by atoms with Crippen LogP contribution in [0.5, 0.6) is 5.75 Å². The third kappa shape index (κ3) is 2.38. The van der Waals surface area contributed by atoms with Crippen molar-refractivity contribution in [2.24, 2.45) is 5.41 Å². The Morgan fingerprint density at radius 1 is 1.30 bits per heavy atom. The van der Waals surface area contributed by atoms with Gasteiger partial charge in [-0.05, 0) is 29.9 Å². The van der Waals surface area contributed by atoms with Gasteiger partial charge in [0.15, 0.2) is 5.78 Å². The van der Waals surface area contributed by atoms with Crippen LogP contribution in [0.2, 0.25) is 0 Å². The fraction of sp³-hybridized carbons (Fsp3) is 0.524. The number of aromatic nitrogens is 3. The van der Waals surface area contributed by atoms with Crippen LogP contribution in [0.15, 0.2) is 23.4 Å². The van der Waals surface area contributed by atoms with E-state index >= 15 is 0 Å². The molecule has 0 saturated heterocycles. The third-order valence-corrected chi connectivity index (χ3v) is 7.96. The number of thioether (sulfide) groups is 1. The summed E-state index contributed by atoms with van der Waals surface area (Å²) >= 11 is 1.37. The highest BCUT2D eigenvalue weighted by atomic mass is 32.2. The van der Waals surface area contributed by atoms with E-state index < -0.39 is 0 Å². The zero-order valence-corrected chi connectivity index (χ0v) is 16.7. The lowest BCUT2D eigenvalue weighted by Gasteiger charge is -2.33. The second-order valence-electron chi connectivity index (χ2n) is 8.61. The summed E-state index contributed by atoms with van der Waals surface area (Å²) in [7, 11) is 0. The van der Waals surface area contributed by atoms with E-state index in [1.165, 1.54) is 17.3 Å². The fourth-order valence-electron chi connectivity index (χ4n) is 4.98. The number of rotatable bonds is 4. The van der Waals surface area contributed by atoms with Gasteiger partial charge in [0.05, 0.1) is 23.7 Å². The number of ketones is 1. The Kier molecular flexibility index (Phi) is 3.67. The smallest absolute Gasteiger partial charge is 0.209 e. The van der Waals surface area contributed by atoms with E-state index in [9.17, 15) is 4.79 Å². The van der Waals surface area contributed by atoms with Crippen LogP contribution in [0, 0.1) is 5.41 Å². The Hall–Kier alpha value is -1.95. The van der Waals surface area contributed by atoms with E-state index in [0.717, 1.165) is 36.4 Å². The largest absolute Gasteiger partial charge is 0.493 e. The Morgan fingerprint density at radius 2 is 2.15 bits per heavy atom. The Bertz CT molecular complexity index is 958. The summed E-state index contributed by atoms with van der Waals surface area (Å²) in [5, 5.41) is 9.43. The normalized spacial score (nSPS) is 26.6. The lowest BCUT2D eigenvalue weighted by Crippen LogP contribution is -2.32. The minimum absolute atomic E-state index is 0.0551. The van der Waals surface area contributed by atoms with Gasteiger partial charge in [-0.15, -0.1) is 5.10 Å². The van der Waals surface area contributed by atoms with Crippen LogP contribution in [-0.2, 0) is 11.8 Å². The number of nitrogens with zero attached hydrogens (tertiary/aromatic N) is 3. The highest BCUT2D eigenvalue weighted by molar-refractivity contribution is 7.99. The van der Waals surface area contributed by atoms with Crippen LogP contribution in [0.3, 0.4) is 0 Å². The molecule has 1 saturated carbocycles. The predicted octanol–water partition coefficient (Wildman–Crippen LogP) is 3.96. The number of ether oxygens (including phenoxy) is 1.